The van der Waals surface area contributed by atoms with Gasteiger partial charge in [0.05, 0.1) is 0 Å². The van der Waals surface area contributed by atoms with Crippen molar-refractivity contribution in [1.29, 1.82) is 0 Å². The van der Waals surface area contributed by atoms with Gasteiger partial charge in [0.1, 0.15) is 0 Å². The van der Waals surface area contributed by atoms with Crippen molar-refractivity contribution in [3.05, 3.63) is 0 Å². The van der Waals surface area contributed by atoms with Gasteiger partial charge in [-0.1, -0.05) is 6.92 Å². The Morgan fingerprint density at radius 3 is 1.69 bits per heavy atom. The molecule has 0 bridgehead atoms. The van der Waals surface area contributed by atoms with Gasteiger partial charge < -0.3 is 0 Å². The van der Waals surface area contributed by atoms with E-state index in [1.54, 1.807) is 0 Å². The van der Waals surface area contributed by atoms with Crippen LogP contribution in [-0.2, 0) is 0 Å². The second-order valence-electron chi connectivity index (χ2n) is 2.87. The van der Waals surface area contributed by atoms with E-state index in [1.165, 1.54) is 0 Å². The van der Waals surface area contributed by atoms with Crippen LogP contribution >= 0.6 is 0 Å². The van der Waals surface area contributed by atoms with Gasteiger partial charge in [-0.25, -0.2) is 17.6 Å². The maximum absolute atomic E-state index is 12.5. The molecule has 0 radical (unpaired) electrons. The van der Waals surface area contributed by atoms with Gasteiger partial charge in [0.2, 0.25) is 6.17 Å². The topological polar surface area (TPSA) is 0 Å². The van der Waals surface area contributed by atoms with Gasteiger partial charge in [-0.15, -0.1) is 0 Å². The Morgan fingerprint density at radius 2 is 1.46 bits per heavy atom. The van der Waals surface area contributed by atoms with E-state index in [4.69, 9.17) is 0 Å². The molecule has 0 aliphatic carbocycles. The third-order valence-electron chi connectivity index (χ3n) is 1.56. The molecule has 0 saturated heterocycles. The van der Waals surface area contributed by atoms with Crippen LogP contribution in [0.4, 0.5) is 26.3 Å². The third kappa shape index (κ3) is 2.77. The van der Waals surface area contributed by atoms with Crippen molar-refractivity contribution in [2.75, 3.05) is 0 Å². The normalized spacial score (nSPS) is 18.5. The number of hydrogen-bond donors (Lipinski definition) is 0. The fraction of sp³-hybridized carbons (Fsp3) is 1.00. The minimum absolute atomic E-state index is 0.00600. The second kappa shape index (κ2) is 3.75. The van der Waals surface area contributed by atoms with Crippen LogP contribution in [0.15, 0.2) is 0 Å². The van der Waals surface area contributed by atoms with Crippen molar-refractivity contribution >= 4 is 0 Å². The van der Waals surface area contributed by atoms with E-state index in [-0.39, 0.29) is 6.92 Å². The van der Waals surface area contributed by atoms with E-state index in [0.717, 1.165) is 6.92 Å². The molecule has 0 fully saturated rings. The van der Waals surface area contributed by atoms with Crippen LogP contribution in [-0.4, -0.2) is 24.2 Å². The molecule has 0 saturated carbocycles. The molecule has 0 aliphatic heterocycles. The van der Waals surface area contributed by atoms with Crippen molar-refractivity contribution in [1.82, 2.24) is 0 Å². The third-order valence-corrected chi connectivity index (χ3v) is 1.56. The largest absolute Gasteiger partial charge is 0.315 e. The Labute approximate surface area is 71.9 Å². The van der Waals surface area contributed by atoms with E-state index >= 15 is 0 Å². The van der Waals surface area contributed by atoms with Crippen molar-refractivity contribution in [3.8, 4) is 0 Å². The summed E-state index contributed by atoms with van der Waals surface area (Å²) >= 11 is 0. The molecule has 0 rings (SSSR count). The molecular weight excluding hydrogens is 198 g/mol. The highest BCUT2D eigenvalue weighted by Gasteiger charge is 2.57. The summed E-state index contributed by atoms with van der Waals surface area (Å²) in [5, 5.41) is 0. The number of halogens is 6. The first-order chi connectivity index (χ1) is 5.64. The summed E-state index contributed by atoms with van der Waals surface area (Å²) in [6.07, 6.45) is -7.37. The Bertz CT molecular complexity index is 161. The molecule has 2 atom stereocenters. The lowest BCUT2D eigenvalue weighted by molar-refractivity contribution is -0.200. The van der Waals surface area contributed by atoms with Gasteiger partial charge in [-0.2, -0.15) is 8.78 Å². The second-order valence-corrected chi connectivity index (χ2v) is 2.87. The van der Waals surface area contributed by atoms with E-state index < -0.39 is 30.6 Å². The van der Waals surface area contributed by atoms with E-state index in [1.807, 2.05) is 0 Å². The maximum atomic E-state index is 12.5. The van der Waals surface area contributed by atoms with E-state index in [0.29, 0.717) is 0 Å². The zero-order valence-electron chi connectivity index (χ0n) is 7.13. The maximum Gasteiger partial charge on any atom is 0.315 e. The highest BCUT2D eigenvalue weighted by molar-refractivity contribution is 4.90. The summed E-state index contributed by atoms with van der Waals surface area (Å²) in [5.74, 6) is -8.87. The molecule has 0 aromatic carbocycles. The number of hydrogen-bond acceptors (Lipinski definition) is 0. The quantitative estimate of drug-likeness (QED) is 0.621. The van der Waals surface area contributed by atoms with Crippen LogP contribution in [0.3, 0.4) is 0 Å². The Hall–Kier alpha value is -0.420. The summed E-state index contributed by atoms with van der Waals surface area (Å²) in [6.45, 7) is 1.02. The van der Waals surface area contributed by atoms with Gasteiger partial charge in [0.25, 0.3) is 5.92 Å². The lowest BCUT2D eigenvalue weighted by Crippen LogP contribution is -2.48. The zero-order chi connectivity index (χ0) is 10.9. The van der Waals surface area contributed by atoms with Crippen LogP contribution in [0, 0.1) is 0 Å². The Morgan fingerprint density at radius 1 is 1.08 bits per heavy atom. The summed E-state index contributed by atoms with van der Waals surface area (Å²) < 4.78 is 73.9. The average molecular weight is 208 g/mol. The van der Waals surface area contributed by atoms with Gasteiger partial charge in [-0.3, -0.25) is 0 Å². The SMILES string of the molecule is CCC(F)C(F)(F)[C@@H](F)C(C)(F)F. The standard InChI is InChI=1S/C7H10F6/c1-3-4(8)7(12,13)5(9)6(2,10)11/h4-5H,3H2,1-2H3/t4?,5-/m0/s1. The fourth-order valence-corrected chi connectivity index (χ4v) is 0.769. The number of alkyl halides is 6. The molecule has 0 aliphatic rings. The van der Waals surface area contributed by atoms with Crippen LogP contribution in [0.1, 0.15) is 20.3 Å². The van der Waals surface area contributed by atoms with Crippen molar-refractivity contribution in [2.24, 2.45) is 0 Å². The first kappa shape index (κ1) is 12.6. The minimum atomic E-state index is -4.63. The molecule has 0 spiro atoms. The molecule has 1 unspecified atom stereocenters. The summed E-state index contributed by atoms with van der Waals surface area (Å²) in [4.78, 5) is 0. The van der Waals surface area contributed by atoms with Crippen molar-refractivity contribution in [2.45, 2.75) is 44.5 Å². The smallest absolute Gasteiger partial charge is 0.241 e. The molecule has 6 heteroatoms. The minimum Gasteiger partial charge on any atom is -0.241 e. The van der Waals surface area contributed by atoms with E-state index in [9.17, 15) is 26.3 Å². The predicted molar refractivity (Wildman–Crippen MR) is 35.7 cm³/mol. The first-order valence-electron chi connectivity index (χ1n) is 3.67. The van der Waals surface area contributed by atoms with Crippen molar-refractivity contribution in [3.63, 3.8) is 0 Å². The summed E-state index contributed by atoms with van der Waals surface area (Å²) in [6, 6.07) is 0. The van der Waals surface area contributed by atoms with Crippen LogP contribution in [0.2, 0.25) is 0 Å². The van der Waals surface area contributed by atoms with Gasteiger partial charge in [-0.05, 0) is 6.42 Å². The molecule has 0 amide bonds. The highest BCUT2D eigenvalue weighted by atomic mass is 19.3. The molecule has 0 N–H and O–H groups in total. The monoisotopic (exact) mass is 208 g/mol. The zero-order valence-corrected chi connectivity index (χ0v) is 7.13. The average Bonchev–Trinajstić information content (AvgIpc) is 1.99. The molecular formula is C7H10F6. The lowest BCUT2D eigenvalue weighted by atomic mass is 10.0. The van der Waals surface area contributed by atoms with Gasteiger partial charge in [0.15, 0.2) is 6.17 Å². The summed E-state index contributed by atoms with van der Waals surface area (Å²) in [7, 11) is 0. The first-order valence-corrected chi connectivity index (χ1v) is 3.67. The summed E-state index contributed by atoms with van der Waals surface area (Å²) in [5.41, 5.74) is 0. The number of rotatable bonds is 4. The van der Waals surface area contributed by atoms with Crippen LogP contribution < -0.4 is 0 Å². The van der Waals surface area contributed by atoms with E-state index in [2.05, 4.69) is 0 Å². The van der Waals surface area contributed by atoms with Crippen molar-refractivity contribution < 1.29 is 26.3 Å². The molecule has 0 nitrogen and oxygen atoms in total. The van der Waals surface area contributed by atoms with Crippen LogP contribution in [0.25, 0.3) is 0 Å². The Balaban J connectivity index is 4.63. The molecule has 13 heavy (non-hydrogen) atoms. The predicted octanol–water partition coefficient (Wildman–Crippen LogP) is 3.36. The molecule has 0 heterocycles. The molecule has 0 aromatic heterocycles. The van der Waals surface area contributed by atoms with Crippen LogP contribution in [0.5, 0.6) is 0 Å². The van der Waals surface area contributed by atoms with Gasteiger partial charge in [0, 0.05) is 6.92 Å². The lowest BCUT2D eigenvalue weighted by Gasteiger charge is -2.26. The fourth-order valence-electron chi connectivity index (χ4n) is 0.769. The Kier molecular flexibility index (Phi) is 3.63. The molecule has 0 aromatic rings. The highest BCUT2D eigenvalue weighted by Crippen LogP contribution is 2.37. The molecule has 80 valence electrons. The van der Waals surface area contributed by atoms with Gasteiger partial charge >= 0.3 is 5.92 Å².